The molecule has 0 aliphatic carbocycles. The van der Waals surface area contributed by atoms with Gasteiger partial charge in [-0.15, -0.1) is 5.10 Å². The summed E-state index contributed by atoms with van der Waals surface area (Å²) in [6.07, 6.45) is 2.26. The molecule has 0 bridgehead atoms. The van der Waals surface area contributed by atoms with Crippen molar-refractivity contribution >= 4 is 23.6 Å². The number of nitrogens with one attached hydrogen (secondary N) is 1. The molecule has 0 saturated carbocycles. The molecule has 3 aromatic heterocycles. The summed E-state index contributed by atoms with van der Waals surface area (Å²) in [7, 11) is 0. The molecule has 28 heavy (non-hydrogen) atoms. The van der Waals surface area contributed by atoms with Crippen molar-refractivity contribution in [2.24, 2.45) is 0 Å². The van der Waals surface area contributed by atoms with Crippen LogP contribution in [-0.2, 0) is 11.2 Å². The van der Waals surface area contributed by atoms with Gasteiger partial charge in [0.1, 0.15) is 5.75 Å². The molecule has 0 amide bonds. The van der Waals surface area contributed by atoms with Gasteiger partial charge < -0.3 is 20.2 Å². The largest absolute Gasteiger partial charge is 0.461 e. The Bertz CT molecular complexity index is 1100. The number of ether oxygens (including phenoxy) is 1. The number of nitrogen functional groups attached to an aromatic ring is 1. The normalized spacial score (nSPS) is 10.9. The van der Waals surface area contributed by atoms with Crippen molar-refractivity contribution in [3.8, 4) is 17.3 Å². The van der Waals surface area contributed by atoms with Crippen LogP contribution in [0.25, 0.3) is 17.4 Å². The van der Waals surface area contributed by atoms with E-state index < -0.39 is 0 Å². The minimum Gasteiger partial charge on any atom is -0.461 e. The maximum absolute atomic E-state index is 10.9. The number of carbonyl (C=O) groups is 1. The number of benzene rings is 1. The first-order valence-electron chi connectivity index (χ1n) is 8.54. The number of carbonyl (C=O) groups excluding carboxylic acids is 1. The predicted molar refractivity (Wildman–Crippen MR) is 101 cm³/mol. The molecular formula is C18H17N7O3. The van der Waals surface area contributed by atoms with Crippen LogP contribution < -0.4 is 15.8 Å². The molecule has 3 N–H and O–H groups in total. The maximum Gasteiger partial charge on any atom is 0.308 e. The van der Waals surface area contributed by atoms with Crippen molar-refractivity contribution < 1.29 is 13.9 Å². The first-order chi connectivity index (χ1) is 13.6. The van der Waals surface area contributed by atoms with Crippen molar-refractivity contribution in [3.05, 3.63) is 48.2 Å². The first-order valence-corrected chi connectivity index (χ1v) is 8.54. The Labute approximate surface area is 159 Å². The minimum atomic E-state index is -0.344. The number of hydrogen-bond donors (Lipinski definition) is 2. The van der Waals surface area contributed by atoms with Crippen LogP contribution in [0.2, 0.25) is 0 Å². The van der Waals surface area contributed by atoms with Gasteiger partial charge in [0.05, 0.1) is 6.26 Å². The molecular weight excluding hydrogens is 362 g/mol. The third-order valence-electron chi connectivity index (χ3n) is 3.86. The maximum atomic E-state index is 10.9. The van der Waals surface area contributed by atoms with Crippen LogP contribution in [0.3, 0.4) is 0 Å². The Morgan fingerprint density at radius 1 is 1.21 bits per heavy atom. The van der Waals surface area contributed by atoms with E-state index in [1.54, 1.807) is 30.5 Å². The van der Waals surface area contributed by atoms with Gasteiger partial charge in [0.25, 0.3) is 5.78 Å². The van der Waals surface area contributed by atoms with Crippen LogP contribution in [0.4, 0.5) is 11.9 Å². The van der Waals surface area contributed by atoms with Crippen LogP contribution in [0.15, 0.2) is 47.1 Å². The molecule has 0 saturated heterocycles. The average molecular weight is 379 g/mol. The lowest BCUT2D eigenvalue weighted by Crippen LogP contribution is -2.12. The third-order valence-corrected chi connectivity index (χ3v) is 3.86. The zero-order chi connectivity index (χ0) is 19.5. The van der Waals surface area contributed by atoms with E-state index >= 15 is 0 Å². The Morgan fingerprint density at radius 2 is 2.04 bits per heavy atom. The molecule has 0 aliphatic heterocycles. The average Bonchev–Trinajstić information content (AvgIpc) is 3.32. The molecule has 142 valence electrons. The van der Waals surface area contributed by atoms with Crippen molar-refractivity contribution in [3.63, 3.8) is 0 Å². The summed E-state index contributed by atoms with van der Waals surface area (Å²) in [6, 6.07) is 10.8. The smallest absolute Gasteiger partial charge is 0.308 e. The van der Waals surface area contributed by atoms with Crippen molar-refractivity contribution in [2.45, 2.75) is 13.3 Å². The van der Waals surface area contributed by atoms with Gasteiger partial charge in [-0.05, 0) is 36.2 Å². The quantitative estimate of drug-likeness (QED) is 0.381. The minimum absolute atomic E-state index is 0.170. The van der Waals surface area contributed by atoms with E-state index in [0.717, 1.165) is 12.0 Å². The molecule has 10 heteroatoms. The number of anilines is 2. The zero-order valence-electron chi connectivity index (χ0n) is 15.0. The number of furan rings is 1. The molecule has 0 fully saturated rings. The summed E-state index contributed by atoms with van der Waals surface area (Å²) in [6.45, 7) is 1.95. The lowest BCUT2D eigenvalue weighted by Gasteiger charge is -2.07. The van der Waals surface area contributed by atoms with Crippen LogP contribution in [0, 0.1) is 0 Å². The lowest BCUT2D eigenvalue weighted by molar-refractivity contribution is -0.131. The van der Waals surface area contributed by atoms with E-state index in [1.807, 2.05) is 12.1 Å². The molecule has 0 atom stereocenters. The standard InChI is InChI=1S/C18H17N7O3/c1-11(26)28-13-6-4-12(5-7-13)8-9-20-17-22-16(19)25-18(23-17)21-15(24-25)14-3-2-10-27-14/h2-7,10H,8-9H2,1H3,(H3,19,20,21,22,23,24). The predicted octanol–water partition coefficient (Wildman–Crippen LogP) is 1.94. The molecule has 0 spiro atoms. The summed E-state index contributed by atoms with van der Waals surface area (Å²) in [5.41, 5.74) is 7.03. The summed E-state index contributed by atoms with van der Waals surface area (Å²) in [5, 5.41) is 7.38. The van der Waals surface area contributed by atoms with Crippen LogP contribution in [-0.4, -0.2) is 37.1 Å². The number of nitrogens with zero attached hydrogens (tertiary/aromatic N) is 5. The van der Waals surface area contributed by atoms with Crippen molar-refractivity contribution in [1.82, 2.24) is 24.6 Å². The van der Waals surface area contributed by atoms with Crippen molar-refractivity contribution in [1.29, 1.82) is 0 Å². The number of rotatable bonds is 6. The molecule has 1 aromatic carbocycles. The molecule has 3 heterocycles. The van der Waals surface area contributed by atoms with E-state index in [-0.39, 0.29) is 11.9 Å². The van der Waals surface area contributed by atoms with Crippen molar-refractivity contribution in [2.75, 3.05) is 17.6 Å². The Balaban J connectivity index is 1.42. The first kappa shape index (κ1) is 17.5. The summed E-state index contributed by atoms with van der Waals surface area (Å²) in [4.78, 5) is 23.8. The Kier molecular flexibility index (Phi) is 4.58. The summed E-state index contributed by atoms with van der Waals surface area (Å²) >= 11 is 0. The number of fused-ring (bicyclic) bond motifs is 1. The Morgan fingerprint density at radius 3 is 2.75 bits per heavy atom. The van der Waals surface area contributed by atoms with Crippen LogP contribution >= 0.6 is 0 Å². The van der Waals surface area contributed by atoms with E-state index in [9.17, 15) is 4.79 Å². The highest BCUT2D eigenvalue weighted by atomic mass is 16.5. The van der Waals surface area contributed by atoms with Gasteiger partial charge in [-0.1, -0.05) is 12.1 Å². The van der Waals surface area contributed by atoms with E-state index in [2.05, 4.69) is 25.4 Å². The second-order valence-corrected chi connectivity index (χ2v) is 5.94. The SMILES string of the molecule is CC(=O)Oc1ccc(CCNc2nc(N)n3nc(-c4ccco4)nc3n2)cc1. The number of esters is 1. The highest BCUT2D eigenvalue weighted by Gasteiger charge is 2.13. The second kappa shape index (κ2) is 7.35. The van der Waals surface area contributed by atoms with Gasteiger partial charge in [0.15, 0.2) is 5.76 Å². The van der Waals surface area contributed by atoms with Crippen LogP contribution in [0.1, 0.15) is 12.5 Å². The van der Waals surface area contributed by atoms with Gasteiger partial charge >= 0.3 is 5.97 Å². The molecule has 0 unspecified atom stereocenters. The highest BCUT2D eigenvalue weighted by molar-refractivity contribution is 5.69. The fourth-order valence-electron chi connectivity index (χ4n) is 2.60. The Hall–Kier alpha value is -3.95. The number of hydrogen-bond acceptors (Lipinski definition) is 9. The van der Waals surface area contributed by atoms with Gasteiger partial charge in [-0.25, -0.2) is 0 Å². The molecule has 4 rings (SSSR count). The highest BCUT2D eigenvalue weighted by Crippen LogP contribution is 2.18. The van der Waals surface area contributed by atoms with E-state index in [0.29, 0.717) is 35.6 Å². The molecule has 0 radical (unpaired) electrons. The van der Waals surface area contributed by atoms with Gasteiger partial charge in [0, 0.05) is 13.5 Å². The fraction of sp³-hybridized carbons (Fsp3) is 0.167. The fourth-order valence-corrected chi connectivity index (χ4v) is 2.60. The number of aromatic nitrogens is 5. The van der Waals surface area contributed by atoms with E-state index in [1.165, 1.54) is 11.4 Å². The lowest BCUT2D eigenvalue weighted by atomic mass is 10.1. The molecule has 0 aliphatic rings. The molecule has 4 aromatic rings. The monoisotopic (exact) mass is 379 g/mol. The van der Waals surface area contributed by atoms with E-state index in [4.69, 9.17) is 14.9 Å². The van der Waals surface area contributed by atoms with Crippen LogP contribution in [0.5, 0.6) is 5.75 Å². The van der Waals surface area contributed by atoms with Gasteiger partial charge in [-0.2, -0.15) is 19.5 Å². The molecule has 10 nitrogen and oxygen atoms in total. The zero-order valence-corrected chi connectivity index (χ0v) is 15.0. The summed E-state index contributed by atoms with van der Waals surface area (Å²) < 4.78 is 11.7. The number of nitrogens with two attached hydrogens (primary N) is 1. The topological polar surface area (TPSA) is 133 Å². The van der Waals surface area contributed by atoms with Gasteiger partial charge in [-0.3, -0.25) is 4.79 Å². The summed E-state index contributed by atoms with van der Waals surface area (Å²) in [5.74, 6) is 1.94. The second-order valence-electron chi connectivity index (χ2n) is 5.94. The third kappa shape index (κ3) is 3.75. The van der Waals surface area contributed by atoms with Gasteiger partial charge in [0.2, 0.25) is 17.7 Å².